The monoisotopic (exact) mass is 411 g/mol. The van der Waals surface area contributed by atoms with Gasteiger partial charge in [0.1, 0.15) is 0 Å². The molecule has 4 aliphatic rings. The fourth-order valence-electron chi connectivity index (χ4n) is 6.62. The fraction of sp³-hybridized carbons (Fsp3) is 0.667. The lowest BCUT2D eigenvalue weighted by atomic mass is 9.72. The van der Waals surface area contributed by atoms with Gasteiger partial charge >= 0.3 is 6.09 Å². The van der Waals surface area contributed by atoms with E-state index in [1.54, 1.807) is 0 Å². The summed E-state index contributed by atoms with van der Waals surface area (Å²) in [5, 5.41) is 0. The number of likely N-dealkylation sites (N-methyl/N-ethyl adjacent to an activating group) is 1. The van der Waals surface area contributed by atoms with Crippen molar-refractivity contribution < 1.29 is 14.3 Å². The van der Waals surface area contributed by atoms with Gasteiger partial charge in [0.25, 0.3) is 0 Å². The number of hydrogen-bond acceptors (Lipinski definition) is 4. The summed E-state index contributed by atoms with van der Waals surface area (Å²) in [5.74, 6) is 0.261. The first kappa shape index (κ1) is 19.9. The summed E-state index contributed by atoms with van der Waals surface area (Å²) >= 11 is 0. The van der Waals surface area contributed by atoms with Gasteiger partial charge in [0.05, 0.1) is 12.0 Å². The number of para-hydroxylation sites is 1. The third-order valence-corrected chi connectivity index (χ3v) is 8.09. The molecular weight excluding hydrogens is 378 g/mol. The molecule has 0 N–H and O–H groups in total. The van der Waals surface area contributed by atoms with Gasteiger partial charge in [-0.1, -0.05) is 18.2 Å². The molecule has 0 saturated carbocycles. The zero-order chi connectivity index (χ0) is 20.9. The number of carbonyl (C=O) groups excluding carboxylic acids is 2. The Kier molecular flexibility index (Phi) is 5.00. The Hall–Kier alpha value is -2.08. The highest BCUT2D eigenvalue weighted by Gasteiger charge is 2.52. The first-order valence-electron chi connectivity index (χ1n) is 11.6. The van der Waals surface area contributed by atoms with E-state index in [-0.39, 0.29) is 17.4 Å². The second-order valence-electron chi connectivity index (χ2n) is 9.47. The molecule has 1 aromatic carbocycles. The first-order chi connectivity index (χ1) is 14.5. The molecule has 6 nitrogen and oxygen atoms in total. The number of amides is 2. The topological polar surface area (TPSA) is 53.1 Å². The van der Waals surface area contributed by atoms with E-state index in [4.69, 9.17) is 4.74 Å². The molecule has 2 unspecified atom stereocenters. The molecule has 5 rings (SSSR count). The molecule has 2 atom stereocenters. The molecule has 0 aromatic heterocycles. The maximum atomic E-state index is 13.2. The van der Waals surface area contributed by atoms with E-state index in [0.717, 1.165) is 57.3 Å². The van der Waals surface area contributed by atoms with Crippen molar-refractivity contribution in [3.63, 3.8) is 0 Å². The number of benzene rings is 1. The molecule has 2 bridgehead atoms. The number of fused-ring (bicyclic) bond motifs is 4. The minimum atomic E-state index is -0.344. The second kappa shape index (κ2) is 7.56. The highest BCUT2D eigenvalue weighted by atomic mass is 16.6. The average Bonchev–Trinajstić information content (AvgIpc) is 2.96. The number of hydrogen-bond donors (Lipinski definition) is 0. The average molecular weight is 412 g/mol. The van der Waals surface area contributed by atoms with Crippen LogP contribution in [0.4, 0.5) is 10.5 Å². The Morgan fingerprint density at radius 3 is 2.43 bits per heavy atom. The van der Waals surface area contributed by atoms with Gasteiger partial charge in [0.2, 0.25) is 5.91 Å². The Balaban J connectivity index is 1.29. The number of ether oxygens (including phenoxy) is 1. The smallest absolute Gasteiger partial charge is 0.410 e. The fourth-order valence-corrected chi connectivity index (χ4v) is 6.62. The zero-order valence-electron chi connectivity index (χ0n) is 18.2. The number of nitrogens with zero attached hydrogens (tertiary/aromatic N) is 3. The summed E-state index contributed by atoms with van der Waals surface area (Å²) in [6.45, 7) is 4.23. The van der Waals surface area contributed by atoms with Gasteiger partial charge < -0.3 is 19.4 Å². The Morgan fingerprint density at radius 2 is 1.77 bits per heavy atom. The molecule has 4 aliphatic heterocycles. The van der Waals surface area contributed by atoms with E-state index >= 15 is 0 Å². The van der Waals surface area contributed by atoms with Crippen LogP contribution in [0, 0.1) is 0 Å². The van der Waals surface area contributed by atoms with Crippen molar-refractivity contribution >= 4 is 17.7 Å². The molecule has 30 heavy (non-hydrogen) atoms. The van der Waals surface area contributed by atoms with Gasteiger partial charge in [-0.05, 0) is 76.6 Å². The summed E-state index contributed by atoms with van der Waals surface area (Å²) in [6.07, 6.45) is 7.10. The second-order valence-corrected chi connectivity index (χ2v) is 9.47. The van der Waals surface area contributed by atoms with Gasteiger partial charge in [0, 0.05) is 30.9 Å². The van der Waals surface area contributed by atoms with E-state index in [0.29, 0.717) is 24.7 Å². The van der Waals surface area contributed by atoms with E-state index in [9.17, 15) is 9.59 Å². The molecule has 3 fully saturated rings. The standard InChI is InChI=1S/C24H33N3O3/c1-3-30-23(29)27-17-7-6-8-18(27)16-19(15-17)26-13-11-24(12-14-26)20-9-4-5-10-21(20)25(2)22(24)28/h4-5,9-10,17-19H,3,6-8,11-16H2,1-2H3. The molecular formula is C24H33N3O3. The van der Waals surface area contributed by atoms with E-state index in [1.165, 1.54) is 12.0 Å². The summed E-state index contributed by atoms with van der Waals surface area (Å²) in [7, 11) is 1.91. The predicted molar refractivity (Wildman–Crippen MR) is 116 cm³/mol. The zero-order valence-corrected chi connectivity index (χ0v) is 18.2. The SMILES string of the molecule is CCOC(=O)N1C2CCCC1CC(N1CCC3(CC1)C(=O)N(C)c1ccccc13)C2. The minimum absolute atomic E-state index is 0.126. The lowest BCUT2D eigenvalue weighted by molar-refractivity contribution is -0.125. The normalized spacial score (nSPS) is 30.5. The molecule has 6 heteroatoms. The highest BCUT2D eigenvalue weighted by Crippen LogP contribution is 2.48. The maximum absolute atomic E-state index is 13.2. The predicted octanol–water partition coefficient (Wildman–Crippen LogP) is 3.54. The number of carbonyl (C=O) groups is 2. The van der Waals surface area contributed by atoms with Crippen LogP contribution in [-0.4, -0.2) is 66.7 Å². The van der Waals surface area contributed by atoms with E-state index < -0.39 is 0 Å². The number of likely N-dealkylation sites (tertiary alicyclic amines) is 1. The van der Waals surface area contributed by atoms with Crippen LogP contribution in [0.1, 0.15) is 57.4 Å². The summed E-state index contributed by atoms with van der Waals surface area (Å²) in [4.78, 5) is 32.2. The minimum Gasteiger partial charge on any atom is -0.450 e. The Bertz CT molecular complexity index is 819. The largest absolute Gasteiger partial charge is 0.450 e. The van der Waals surface area contributed by atoms with Crippen molar-refractivity contribution in [1.29, 1.82) is 0 Å². The molecule has 4 heterocycles. The van der Waals surface area contributed by atoms with E-state index in [2.05, 4.69) is 23.1 Å². The van der Waals surface area contributed by atoms with Crippen molar-refractivity contribution in [2.45, 2.75) is 75.4 Å². The quantitative estimate of drug-likeness (QED) is 0.747. The number of piperidine rings is 3. The highest BCUT2D eigenvalue weighted by molar-refractivity contribution is 6.07. The molecule has 0 aliphatic carbocycles. The van der Waals surface area contributed by atoms with Crippen LogP contribution in [0.5, 0.6) is 0 Å². The molecule has 1 aromatic rings. The molecule has 1 spiro atoms. The number of rotatable bonds is 2. The summed E-state index contributed by atoms with van der Waals surface area (Å²) in [5.41, 5.74) is 1.95. The molecule has 3 saturated heterocycles. The molecule has 162 valence electrons. The Morgan fingerprint density at radius 1 is 1.10 bits per heavy atom. The van der Waals surface area contributed by atoms with Crippen LogP contribution >= 0.6 is 0 Å². The summed E-state index contributed by atoms with van der Waals surface area (Å²) < 4.78 is 5.35. The van der Waals surface area contributed by atoms with Crippen LogP contribution in [0.2, 0.25) is 0 Å². The van der Waals surface area contributed by atoms with Gasteiger partial charge in [-0.3, -0.25) is 4.79 Å². The summed E-state index contributed by atoms with van der Waals surface area (Å²) in [6, 6.07) is 9.41. The lowest BCUT2D eigenvalue weighted by Crippen LogP contribution is -2.60. The molecule has 0 radical (unpaired) electrons. The van der Waals surface area contributed by atoms with Crippen LogP contribution in [0.15, 0.2) is 24.3 Å². The van der Waals surface area contributed by atoms with Crippen molar-refractivity contribution in [1.82, 2.24) is 9.80 Å². The first-order valence-corrected chi connectivity index (χ1v) is 11.6. The van der Waals surface area contributed by atoms with Crippen molar-refractivity contribution in [2.75, 3.05) is 31.6 Å². The number of anilines is 1. The third kappa shape index (κ3) is 2.95. The van der Waals surface area contributed by atoms with Crippen LogP contribution in [0.3, 0.4) is 0 Å². The van der Waals surface area contributed by atoms with E-state index in [1.807, 2.05) is 29.8 Å². The third-order valence-electron chi connectivity index (χ3n) is 8.09. The van der Waals surface area contributed by atoms with Crippen LogP contribution < -0.4 is 4.90 Å². The maximum Gasteiger partial charge on any atom is 0.410 e. The van der Waals surface area contributed by atoms with Gasteiger partial charge in [0.15, 0.2) is 0 Å². The van der Waals surface area contributed by atoms with Gasteiger partial charge in [-0.15, -0.1) is 0 Å². The Labute approximate surface area is 179 Å². The van der Waals surface area contributed by atoms with Crippen LogP contribution in [0.25, 0.3) is 0 Å². The molecule has 2 amide bonds. The van der Waals surface area contributed by atoms with Crippen LogP contribution in [-0.2, 0) is 14.9 Å². The van der Waals surface area contributed by atoms with Crippen molar-refractivity contribution in [2.24, 2.45) is 0 Å². The van der Waals surface area contributed by atoms with Gasteiger partial charge in [-0.2, -0.15) is 0 Å². The van der Waals surface area contributed by atoms with Crippen molar-refractivity contribution in [3.8, 4) is 0 Å². The van der Waals surface area contributed by atoms with Gasteiger partial charge in [-0.25, -0.2) is 4.79 Å². The lowest BCUT2D eigenvalue weighted by Gasteiger charge is -2.52. The van der Waals surface area contributed by atoms with Crippen molar-refractivity contribution in [3.05, 3.63) is 29.8 Å².